The molecule has 0 saturated heterocycles. The Labute approximate surface area is 112 Å². The number of amides is 1. The molecule has 0 aliphatic rings. The second-order valence-electron chi connectivity index (χ2n) is 4.17. The summed E-state index contributed by atoms with van der Waals surface area (Å²) < 4.78 is 5.26. The van der Waals surface area contributed by atoms with E-state index in [2.05, 4.69) is 12.2 Å². The molecule has 0 unspecified atom stereocenters. The molecule has 5 heteroatoms. The first-order chi connectivity index (χ1) is 9.06. The van der Waals surface area contributed by atoms with E-state index in [-0.39, 0.29) is 0 Å². The van der Waals surface area contributed by atoms with Gasteiger partial charge in [-0.15, -0.1) is 0 Å². The SMILES string of the molecule is CCc1ccc(OC)c(CCNC(=O)CC(=O)O)c1. The number of methoxy groups -OCH3 is 1. The molecule has 0 radical (unpaired) electrons. The molecule has 104 valence electrons. The zero-order chi connectivity index (χ0) is 14.3. The van der Waals surface area contributed by atoms with E-state index in [0.29, 0.717) is 13.0 Å². The van der Waals surface area contributed by atoms with Crippen LogP contribution >= 0.6 is 0 Å². The third-order valence-electron chi connectivity index (χ3n) is 2.78. The van der Waals surface area contributed by atoms with Crippen LogP contribution in [0.5, 0.6) is 5.75 Å². The van der Waals surface area contributed by atoms with Gasteiger partial charge in [0, 0.05) is 6.54 Å². The number of carbonyl (C=O) groups excluding carboxylic acids is 1. The summed E-state index contributed by atoms with van der Waals surface area (Å²) in [4.78, 5) is 21.5. The number of ether oxygens (including phenoxy) is 1. The molecule has 0 fully saturated rings. The Hall–Kier alpha value is -2.04. The van der Waals surface area contributed by atoms with Crippen molar-refractivity contribution in [1.82, 2.24) is 5.32 Å². The van der Waals surface area contributed by atoms with Gasteiger partial charge >= 0.3 is 5.97 Å². The Morgan fingerprint density at radius 2 is 2.11 bits per heavy atom. The molecule has 19 heavy (non-hydrogen) atoms. The number of benzene rings is 1. The summed E-state index contributed by atoms with van der Waals surface area (Å²) in [6.45, 7) is 2.47. The Kier molecular flexibility index (Phi) is 5.85. The Balaban J connectivity index is 2.56. The summed E-state index contributed by atoms with van der Waals surface area (Å²) in [6.07, 6.45) is 1.05. The van der Waals surface area contributed by atoms with Crippen LogP contribution in [-0.4, -0.2) is 30.6 Å². The van der Waals surface area contributed by atoms with Gasteiger partial charge in [0.05, 0.1) is 7.11 Å². The third kappa shape index (κ3) is 4.99. The van der Waals surface area contributed by atoms with Gasteiger partial charge in [-0.3, -0.25) is 9.59 Å². The fourth-order valence-electron chi connectivity index (χ4n) is 1.78. The highest BCUT2D eigenvalue weighted by Crippen LogP contribution is 2.20. The van der Waals surface area contributed by atoms with Crippen molar-refractivity contribution in [3.05, 3.63) is 29.3 Å². The molecular formula is C14H19NO4. The van der Waals surface area contributed by atoms with Gasteiger partial charge in [-0.1, -0.05) is 19.1 Å². The van der Waals surface area contributed by atoms with Crippen LogP contribution in [0.2, 0.25) is 0 Å². The summed E-state index contributed by atoms with van der Waals surface area (Å²) >= 11 is 0. The van der Waals surface area contributed by atoms with E-state index in [4.69, 9.17) is 9.84 Å². The van der Waals surface area contributed by atoms with Gasteiger partial charge in [-0.25, -0.2) is 0 Å². The standard InChI is InChI=1S/C14H19NO4/c1-3-10-4-5-12(19-2)11(8-10)6-7-15-13(16)9-14(17)18/h4-5,8H,3,6-7,9H2,1-2H3,(H,15,16)(H,17,18). The van der Waals surface area contributed by atoms with E-state index in [0.717, 1.165) is 17.7 Å². The highest BCUT2D eigenvalue weighted by atomic mass is 16.5. The van der Waals surface area contributed by atoms with E-state index in [1.54, 1.807) is 7.11 Å². The average molecular weight is 265 g/mol. The number of carboxylic acid groups (broad SMARTS) is 1. The third-order valence-corrected chi connectivity index (χ3v) is 2.78. The maximum absolute atomic E-state index is 11.2. The molecule has 1 aromatic rings. The molecule has 5 nitrogen and oxygen atoms in total. The zero-order valence-corrected chi connectivity index (χ0v) is 11.2. The molecule has 1 aromatic carbocycles. The molecule has 0 aliphatic carbocycles. The second-order valence-corrected chi connectivity index (χ2v) is 4.17. The molecule has 0 bridgehead atoms. The van der Waals surface area contributed by atoms with Gasteiger partial charge in [0.25, 0.3) is 0 Å². The number of aryl methyl sites for hydroxylation is 1. The van der Waals surface area contributed by atoms with Gasteiger partial charge in [-0.2, -0.15) is 0 Å². The van der Waals surface area contributed by atoms with Crippen molar-refractivity contribution >= 4 is 11.9 Å². The van der Waals surface area contributed by atoms with Crippen molar-refractivity contribution in [2.24, 2.45) is 0 Å². The fourth-order valence-corrected chi connectivity index (χ4v) is 1.78. The van der Waals surface area contributed by atoms with Crippen molar-refractivity contribution in [3.8, 4) is 5.75 Å². The van der Waals surface area contributed by atoms with Crippen LogP contribution in [0.25, 0.3) is 0 Å². The fraction of sp³-hybridized carbons (Fsp3) is 0.429. The number of aliphatic carboxylic acids is 1. The lowest BCUT2D eigenvalue weighted by molar-refractivity contribution is -0.140. The van der Waals surface area contributed by atoms with Gasteiger partial charge in [0.1, 0.15) is 12.2 Å². The van der Waals surface area contributed by atoms with Crippen LogP contribution in [0.4, 0.5) is 0 Å². The van der Waals surface area contributed by atoms with Crippen molar-refractivity contribution in [2.45, 2.75) is 26.2 Å². The molecular weight excluding hydrogens is 246 g/mol. The first-order valence-corrected chi connectivity index (χ1v) is 6.21. The summed E-state index contributed by atoms with van der Waals surface area (Å²) in [5, 5.41) is 11.0. The van der Waals surface area contributed by atoms with Crippen LogP contribution in [0.3, 0.4) is 0 Å². The minimum atomic E-state index is -1.12. The normalized spacial score (nSPS) is 10.0. The number of rotatable bonds is 7. The lowest BCUT2D eigenvalue weighted by Crippen LogP contribution is -2.27. The molecule has 0 aliphatic heterocycles. The lowest BCUT2D eigenvalue weighted by atomic mass is 10.1. The Bertz CT molecular complexity index is 457. The van der Waals surface area contributed by atoms with E-state index >= 15 is 0 Å². The van der Waals surface area contributed by atoms with Gasteiger partial charge in [0.15, 0.2) is 0 Å². The summed E-state index contributed by atoms with van der Waals surface area (Å²) in [7, 11) is 1.60. The average Bonchev–Trinajstić information content (AvgIpc) is 2.37. The van der Waals surface area contributed by atoms with Gasteiger partial charge < -0.3 is 15.2 Å². The molecule has 2 N–H and O–H groups in total. The number of hydrogen-bond donors (Lipinski definition) is 2. The van der Waals surface area contributed by atoms with Crippen LogP contribution in [0.1, 0.15) is 24.5 Å². The highest BCUT2D eigenvalue weighted by Gasteiger charge is 2.08. The second kappa shape index (κ2) is 7.41. The molecule has 0 saturated carbocycles. The largest absolute Gasteiger partial charge is 0.496 e. The summed E-state index contributed by atoms with van der Waals surface area (Å²) in [5.41, 5.74) is 2.21. The smallest absolute Gasteiger partial charge is 0.312 e. The summed E-state index contributed by atoms with van der Waals surface area (Å²) in [5.74, 6) is -0.814. The number of hydrogen-bond acceptors (Lipinski definition) is 3. The van der Waals surface area contributed by atoms with Crippen LogP contribution in [-0.2, 0) is 22.4 Å². The molecule has 0 atom stereocenters. The first kappa shape index (κ1) is 15.0. The summed E-state index contributed by atoms with van der Waals surface area (Å²) in [6, 6.07) is 5.96. The van der Waals surface area contributed by atoms with Gasteiger partial charge in [-0.05, 0) is 30.0 Å². The predicted molar refractivity (Wildman–Crippen MR) is 71.3 cm³/mol. The van der Waals surface area contributed by atoms with Crippen LogP contribution in [0.15, 0.2) is 18.2 Å². The van der Waals surface area contributed by atoms with Crippen molar-refractivity contribution in [3.63, 3.8) is 0 Å². The minimum Gasteiger partial charge on any atom is -0.496 e. The molecule has 0 heterocycles. The number of carbonyl (C=O) groups is 2. The molecule has 0 spiro atoms. The van der Waals surface area contributed by atoms with E-state index in [9.17, 15) is 9.59 Å². The van der Waals surface area contributed by atoms with Crippen molar-refractivity contribution in [1.29, 1.82) is 0 Å². The monoisotopic (exact) mass is 265 g/mol. The first-order valence-electron chi connectivity index (χ1n) is 6.21. The minimum absolute atomic E-state index is 0.398. The Morgan fingerprint density at radius 1 is 1.37 bits per heavy atom. The molecule has 1 rings (SSSR count). The maximum atomic E-state index is 11.2. The van der Waals surface area contributed by atoms with Crippen molar-refractivity contribution in [2.75, 3.05) is 13.7 Å². The van der Waals surface area contributed by atoms with E-state index in [1.807, 2.05) is 18.2 Å². The van der Waals surface area contributed by atoms with Crippen LogP contribution < -0.4 is 10.1 Å². The predicted octanol–water partition coefficient (Wildman–Crippen LogP) is 1.39. The zero-order valence-electron chi connectivity index (χ0n) is 11.2. The topological polar surface area (TPSA) is 75.6 Å². The van der Waals surface area contributed by atoms with E-state index in [1.165, 1.54) is 5.56 Å². The molecule has 0 aromatic heterocycles. The van der Waals surface area contributed by atoms with E-state index < -0.39 is 18.3 Å². The molecule has 1 amide bonds. The number of carboxylic acids is 1. The highest BCUT2D eigenvalue weighted by molar-refractivity contribution is 5.93. The van der Waals surface area contributed by atoms with Crippen molar-refractivity contribution < 1.29 is 19.4 Å². The number of nitrogens with one attached hydrogen (secondary N) is 1. The Morgan fingerprint density at radius 3 is 2.68 bits per heavy atom. The van der Waals surface area contributed by atoms with Gasteiger partial charge in [0.2, 0.25) is 5.91 Å². The maximum Gasteiger partial charge on any atom is 0.312 e. The quantitative estimate of drug-likeness (QED) is 0.730. The lowest BCUT2D eigenvalue weighted by Gasteiger charge is -2.10. The van der Waals surface area contributed by atoms with Crippen LogP contribution in [0, 0.1) is 0 Å².